The molecule has 1 aromatic rings. The molecule has 1 atom stereocenters. The Kier molecular flexibility index (Phi) is 7.00. The minimum Gasteiger partial charge on any atom is -0.370 e. The number of carbonyl (C=O) groups excluding carboxylic acids is 1. The summed E-state index contributed by atoms with van der Waals surface area (Å²) in [7, 11) is -2.30. The summed E-state index contributed by atoms with van der Waals surface area (Å²) in [6.07, 6.45) is 1.86. The van der Waals surface area contributed by atoms with E-state index >= 15 is 0 Å². The van der Waals surface area contributed by atoms with Crippen LogP contribution in [0.5, 0.6) is 0 Å². The van der Waals surface area contributed by atoms with Gasteiger partial charge < -0.3 is 20.4 Å². The second kappa shape index (κ2) is 9.13. The summed E-state index contributed by atoms with van der Waals surface area (Å²) in [4.78, 5) is 17.9. The summed E-state index contributed by atoms with van der Waals surface area (Å²) < 4.78 is 42.5. The summed E-state index contributed by atoms with van der Waals surface area (Å²) in [5.74, 6) is -1.09. The zero-order valence-electron chi connectivity index (χ0n) is 16.4. The van der Waals surface area contributed by atoms with E-state index in [1.165, 1.54) is 6.07 Å². The maximum Gasteiger partial charge on any atom is 0.243 e. The number of rotatable bonds is 6. The Bertz CT molecular complexity index is 855. The van der Waals surface area contributed by atoms with Crippen LogP contribution in [0.2, 0.25) is 5.02 Å². The molecule has 11 heteroatoms. The maximum absolute atomic E-state index is 14.2. The smallest absolute Gasteiger partial charge is 0.243 e. The lowest BCUT2D eigenvalue weighted by molar-refractivity contribution is -0.134. The average Bonchev–Trinajstić information content (AvgIpc) is 3.22. The lowest BCUT2D eigenvalue weighted by atomic mass is 10.2. The molecule has 2 saturated heterocycles. The van der Waals surface area contributed by atoms with Gasteiger partial charge in [0.25, 0.3) is 0 Å². The lowest BCUT2D eigenvalue weighted by Crippen LogP contribution is -2.56. The van der Waals surface area contributed by atoms with Gasteiger partial charge in [-0.3, -0.25) is 4.79 Å². The van der Waals surface area contributed by atoms with Gasteiger partial charge in [-0.1, -0.05) is 11.6 Å². The van der Waals surface area contributed by atoms with E-state index in [0.717, 1.165) is 18.9 Å². The molecule has 2 aliphatic heterocycles. The number of carbonyl (C=O) groups is 1. The second-order valence-corrected chi connectivity index (χ2v) is 9.53. The predicted molar refractivity (Wildman–Crippen MR) is 110 cm³/mol. The van der Waals surface area contributed by atoms with Gasteiger partial charge in [-0.25, -0.2) is 12.8 Å². The van der Waals surface area contributed by atoms with E-state index in [2.05, 4.69) is 9.62 Å². The van der Waals surface area contributed by atoms with Gasteiger partial charge in [-0.05, 0) is 32.0 Å². The molecule has 0 spiro atoms. The van der Waals surface area contributed by atoms with Gasteiger partial charge >= 0.3 is 0 Å². The largest absolute Gasteiger partial charge is 0.370 e. The highest BCUT2D eigenvalue weighted by Crippen LogP contribution is 2.35. The van der Waals surface area contributed by atoms with Crippen molar-refractivity contribution in [2.45, 2.75) is 23.8 Å². The van der Waals surface area contributed by atoms with E-state index in [1.54, 1.807) is 4.90 Å². The number of piperazine rings is 1. The summed E-state index contributed by atoms with van der Waals surface area (Å²) >= 11 is 6.36. The Morgan fingerprint density at radius 2 is 1.83 bits per heavy atom. The standard InChI is InChI=1S/C18H27ClFN5O3S/c1-23-6-8-25(9-7-23)18(26)14(12-21)22-29(27,28)16-11-13(20)10-15(17(16)19)24-4-2-3-5-24/h10-11,14,22H,2-9,12,21H2,1H3/t14-/m0/s1. The Balaban J connectivity index is 1.83. The van der Waals surface area contributed by atoms with E-state index in [-0.39, 0.29) is 16.5 Å². The van der Waals surface area contributed by atoms with Gasteiger partial charge in [0.1, 0.15) is 16.8 Å². The third kappa shape index (κ3) is 5.00. The van der Waals surface area contributed by atoms with Crippen LogP contribution >= 0.6 is 11.6 Å². The Morgan fingerprint density at radius 3 is 2.41 bits per heavy atom. The fourth-order valence-corrected chi connectivity index (χ4v) is 5.47. The molecule has 8 nitrogen and oxygen atoms in total. The summed E-state index contributed by atoms with van der Waals surface area (Å²) in [6, 6.07) is 0.971. The van der Waals surface area contributed by atoms with E-state index in [0.29, 0.717) is 45.0 Å². The minimum absolute atomic E-state index is 0.0522. The molecule has 3 N–H and O–H groups in total. The monoisotopic (exact) mass is 447 g/mol. The van der Waals surface area contributed by atoms with Crippen molar-refractivity contribution in [3.05, 3.63) is 23.0 Å². The lowest BCUT2D eigenvalue weighted by Gasteiger charge is -2.34. The number of sulfonamides is 1. The first-order valence-electron chi connectivity index (χ1n) is 9.66. The van der Waals surface area contributed by atoms with Crippen LogP contribution in [-0.2, 0) is 14.8 Å². The minimum atomic E-state index is -4.26. The molecule has 162 valence electrons. The van der Waals surface area contributed by atoms with Crippen molar-refractivity contribution in [1.29, 1.82) is 0 Å². The van der Waals surface area contributed by atoms with Crippen LogP contribution in [0, 0.1) is 5.82 Å². The quantitative estimate of drug-likeness (QED) is 0.657. The van der Waals surface area contributed by atoms with Gasteiger partial charge in [0.15, 0.2) is 0 Å². The van der Waals surface area contributed by atoms with Crippen LogP contribution in [0.25, 0.3) is 0 Å². The van der Waals surface area contributed by atoms with Gasteiger partial charge in [0.05, 0.1) is 10.7 Å². The normalized spacial score (nSPS) is 19.6. The fourth-order valence-electron chi connectivity index (χ4n) is 3.63. The molecule has 0 bridgehead atoms. The van der Waals surface area contributed by atoms with E-state index < -0.39 is 27.8 Å². The number of nitrogens with one attached hydrogen (secondary N) is 1. The van der Waals surface area contributed by atoms with Crippen LogP contribution in [0.15, 0.2) is 17.0 Å². The molecule has 3 rings (SSSR count). The molecule has 0 unspecified atom stereocenters. The summed E-state index contributed by atoms with van der Waals surface area (Å²) in [5, 5.41) is -0.0522. The highest BCUT2D eigenvalue weighted by Gasteiger charge is 2.32. The zero-order chi connectivity index (χ0) is 21.2. The molecule has 0 saturated carbocycles. The molecular formula is C18H27ClFN5O3S. The van der Waals surface area contributed by atoms with Crippen molar-refractivity contribution in [3.8, 4) is 0 Å². The molecular weight excluding hydrogens is 421 g/mol. The molecule has 0 aliphatic carbocycles. The van der Waals surface area contributed by atoms with E-state index in [1.807, 2.05) is 11.9 Å². The van der Waals surface area contributed by atoms with Gasteiger partial charge in [-0.2, -0.15) is 4.72 Å². The number of nitrogens with two attached hydrogens (primary N) is 1. The third-order valence-corrected chi connectivity index (χ3v) is 7.37. The van der Waals surface area contributed by atoms with Crippen LogP contribution in [0.1, 0.15) is 12.8 Å². The number of likely N-dealkylation sites (N-methyl/N-ethyl adjacent to an activating group) is 1. The first-order chi connectivity index (χ1) is 13.7. The molecule has 1 amide bonds. The molecule has 2 heterocycles. The molecule has 0 radical (unpaired) electrons. The fraction of sp³-hybridized carbons (Fsp3) is 0.611. The SMILES string of the molecule is CN1CCN(C(=O)[C@H](CN)NS(=O)(=O)c2cc(F)cc(N3CCCC3)c2Cl)CC1. The van der Waals surface area contributed by atoms with Gasteiger partial charge in [-0.15, -0.1) is 0 Å². The summed E-state index contributed by atoms with van der Waals surface area (Å²) in [5.41, 5.74) is 6.04. The Morgan fingerprint density at radius 1 is 1.21 bits per heavy atom. The van der Waals surface area contributed by atoms with Crippen LogP contribution < -0.4 is 15.4 Å². The summed E-state index contributed by atoms with van der Waals surface area (Å²) in [6.45, 7) is 3.54. The number of hydrogen-bond donors (Lipinski definition) is 2. The molecule has 2 fully saturated rings. The maximum atomic E-state index is 14.2. The van der Waals surface area contributed by atoms with Crippen LogP contribution in [-0.4, -0.2) is 83.0 Å². The number of hydrogen-bond acceptors (Lipinski definition) is 6. The van der Waals surface area contributed by atoms with E-state index in [9.17, 15) is 17.6 Å². The molecule has 29 heavy (non-hydrogen) atoms. The number of nitrogens with zero attached hydrogens (tertiary/aromatic N) is 3. The molecule has 2 aliphatic rings. The second-order valence-electron chi connectivity index (χ2n) is 7.47. The topological polar surface area (TPSA) is 99.0 Å². The van der Waals surface area contributed by atoms with Crippen molar-refractivity contribution >= 4 is 33.2 Å². The van der Waals surface area contributed by atoms with Crippen molar-refractivity contribution in [2.24, 2.45) is 5.73 Å². The number of halogens is 2. The molecule has 1 aromatic carbocycles. The van der Waals surface area contributed by atoms with Crippen molar-refractivity contribution in [3.63, 3.8) is 0 Å². The number of benzene rings is 1. The van der Waals surface area contributed by atoms with E-state index in [4.69, 9.17) is 17.3 Å². The average molecular weight is 448 g/mol. The highest BCUT2D eigenvalue weighted by molar-refractivity contribution is 7.89. The number of anilines is 1. The predicted octanol–water partition coefficient (Wildman–Crippen LogP) is 0.459. The number of amides is 1. The first-order valence-corrected chi connectivity index (χ1v) is 11.5. The Labute approximate surface area is 175 Å². The van der Waals surface area contributed by atoms with Crippen molar-refractivity contribution < 1.29 is 17.6 Å². The zero-order valence-corrected chi connectivity index (χ0v) is 18.0. The van der Waals surface area contributed by atoms with Crippen molar-refractivity contribution in [2.75, 3.05) is 57.8 Å². The van der Waals surface area contributed by atoms with Gasteiger partial charge in [0, 0.05) is 45.8 Å². The Hall–Kier alpha value is -1.46. The first kappa shape index (κ1) is 22.2. The third-order valence-electron chi connectivity index (χ3n) is 5.37. The van der Waals surface area contributed by atoms with Crippen LogP contribution in [0.4, 0.5) is 10.1 Å². The van der Waals surface area contributed by atoms with Gasteiger partial charge in [0.2, 0.25) is 15.9 Å². The molecule has 0 aromatic heterocycles. The van der Waals surface area contributed by atoms with Crippen LogP contribution in [0.3, 0.4) is 0 Å². The van der Waals surface area contributed by atoms with Crippen molar-refractivity contribution in [1.82, 2.24) is 14.5 Å². The highest BCUT2D eigenvalue weighted by atomic mass is 35.5.